The molecule has 164 valence electrons. The highest BCUT2D eigenvalue weighted by Crippen LogP contribution is 2.24. The largest absolute Gasteiger partial charge is 0.369 e. The van der Waals surface area contributed by atoms with Crippen LogP contribution in [0.25, 0.3) is 0 Å². The van der Waals surface area contributed by atoms with Gasteiger partial charge in [0.2, 0.25) is 5.95 Å². The molecule has 7 heteroatoms. The Morgan fingerprint density at radius 2 is 1.45 bits per heavy atom. The first-order chi connectivity index (χ1) is 14.5. The molecule has 1 aliphatic heterocycles. The van der Waals surface area contributed by atoms with Crippen molar-refractivity contribution in [1.82, 2.24) is 14.9 Å². The van der Waals surface area contributed by atoms with Gasteiger partial charge in [0.15, 0.2) is 0 Å². The van der Waals surface area contributed by atoms with Crippen molar-refractivity contribution in [2.45, 2.75) is 20.8 Å². The number of benzene rings is 2. The number of nitrogens with one attached hydrogen (secondary N) is 2. The van der Waals surface area contributed by atoms with Crippen LogP contribution in [-0.2, 0) is 0 Å². The van der Waals surface area contributed by atoms with Crippen LogP contribution in [0, 0.1) is 20.8 Å². The fourth-order valence-corrected chi connectivity index (χ4v) is 3.53. The van der Waals surface area contributed by atoms with E-state index in [0.29, 0.717) is 5.95 Å². The van der Waals surface area contributed by atoms with Crippen molar-refractivity contribution in [1.29, 1.82) is 0 Å². The number of nitrogens with zero attached hydrogens (tertiary/aromatic N) is 4. The zero-order chi connectivity index (χ0) is 21.1. The molecular formula is C24H31ClN6. The maximum Gasteiger partial charge on any atom is 0.229 e. The summed E-state index contributed by atoms with van der Waals surface area (Å²) in [5.74, 6) is 1.39. The van der Waals surface area contributed by atoms with Gasteiger partial charge in [-0.2, -0.15) is 4.98 Å². The Bertz CT molecular complexity index is 1010. The molecule has 0 spiro atoms. The van der Waals surface area contributed by atoms with Gasteiger partial charge in [0.05, 0.1) is 0 Å². The average molecular weight is 439 g/mol. The molecule has 0 unspecified atom stereocenters. The second kappa shape index (κ2) is 9.98. The Balaban J connectivity index is 0.00000272. The molecule has 0 radical (unpaired) electrons. The van der Waals surface area contributed by atoms with Crippen LogP contribution >= 0.6 is 12.4 Å². The number of likely N-dealkylation sites (N-methyl/N-ethyl adjacent to an activating group) is 1. The van der Waals surface area contributed by atoms with Gasteiger partial charge in [-0.3, -0.25) is 0 Å². The Hall–Kier alpha value is -2.83. The zero-order valence-corrected chi connectivity index (χ0v) is 19.5. The van der Waals surface area contributed by atoms with E-state index < -0.39 is 0 Å². The second-order valence-corrected chi connectivity index (χ2v) is 8.11. The van der Waals surface area contributed by atoms with Crippen molar-refractivity contribution in [2.75, 3.05) is 48.8 Å². The Morgan fingerprint density at radius 1 is 0.774 bits per heavy atom. The van der Waals surface area contributed by atoms with Gasteiger partial charge in [0.1, 0.15) is 5.82 Å². The first-order valence-corrected chi connectivity index (χ1v) is 10.5. The lowest BCUT2D eigenvalue weighted by Crippen LogP contribution is -2.44. The molecule has 31 heavy (non-hydrogen) atoms. The zero-order valence-electron chi connectivity index (χ0n) is 18.6. The predicted octanol–water partition coefficient (Wildman–Crippen LogP) is 5.06. The van der Waals surface area contributed by atoms with E-state index in [2.05, 4.69) is 93.8 Å². The minimum Gasteiger partial charge on any atom is -0.369 e. The highest BCUT2D eigenvalue weighted by molar-refractivity contribution is 5.85. The SMILES string of the molecule is Cc1ccc(Nc2nc(Nc3ccc(N4CCN(C)CC4)cc3)ncc2C)cc1C.Cl. The summed E-state index contributed by atoms with van der Waals surface area (Å²) < 4.78 is 0. The number of anilines is 5. The number of hydrogen-bond acceptors (Lipinski definition) is 6. The molecule has 1 aromatic heterocycles. The average Bonchev–Trinajstić information content (AvgIpc) is 2.74. The van der Waals surface area contributed by atoms with Crippen molar-refractivity contribution < 1.29 is 0 Å². The number of hydrogen-bond donors (Lipinski definition) is 2. The monoisotopic (exact) mass is 438 g/mol. The third-order valence-electron chi connectivity index (χ3n) is 5.73. The Kier molecular flexibility index (Phi) is 7.36. The van der Waals surface area contributed by atoms with Gasteiger partial charge in [-0.15, -0.1) is 12.4 Å². The van der Waals surface area contributed by atoms with Crippen LogP contribution in [0.15, 0.2) is 48.7 Å². The Morgan fingerprint density at radius 3 is 2.13 bits per heavy atom. The van der Waals surface area contributed by atoms with Gasteiger partial charge < -0.3 is 20.4 Å². The molecule has 2 aromatic carbocycles. The summed E-state index contributed by atoms with van der Waals surface area (Å²) in [7, 11) is 2.18. The molecule has 3 aromatic rings. The lowest BCUT2D eigenvalue weighted by molar-refractivity contribution is 0.313. The summed E-state index contributed by atoms with van der Waals surface area (Å²) in [6, 6.07) is 14.8. The van der Waals surface area contributed by atoms with Gasteiger partial charge >= 0.3 is 0 Å². The fourth-order valence-electron chi connectivity index (χ4n) is 3.53. The lowest BCUT2D eigenvalue weighted by Gasteiger charge is -2.34. The fraction of sp³-hybridized carbons (Fsp3) is 0.333. The van der Waals surface area contributed by atoms with E-state index in [1.165, 1.54) is 16.8 Å². The van der Waals surface area contributed by atoms with Crippen LogP contribution in [0.3, 0.4) is 0 Å². The summed E-state index contributed by atoms with van der Waals surface area (Å²) in [5.41, 5.74) is 6.81. The number of rotatable bonds is 5. The van der Waals surface area contributed by atoms with Gasteiger partial charge in [0.25, 0.3) is 0 Å². The van der Waals surface area contributed by atoms with Gasteiger partial charge in [0, 0.05) is 55.0 Å². The van der Waals surface area contributed by atoms with Crippen molar-refractivity contribution in [3.05, 3.63) is 65.4 Å². The second-order valence-electron chi connectivity index (χ2n) is 8.11. The lowest BCUT2D eigenvalue weighted by atomic mass is 10.1. The molecule has 0 bridgehead atoms. The molecule has 1 fully saturated rings. The molecule has 0 atom stereocenters. The quantitative estimate of drug-likeness (QED) is 0.580. The van der Waals surface area contributed by atoms with E-state index >= 15 is 0 Å². The van der Waals surface area contributed by atoms with E-state index in [0.717, 1.165) is 48.9 Å². The van der Waals surface area contributed by atoms with Crippen LogP contribution in [-0.4, -0.2) is 48.1 Å². The molecule has 1 aliphatic rings. The first kappa shape index (κ1) is 22.8. The number of aromatic nitrogens is 2. The van der Waals surface area contributed by atoms with Crippen LogP contribution in [0.4, 0.5) is 28.8 Å². The molecule has 2 heterocycles. The summed E-state index contributed by atoms with van der Waals surface area (Å²) in [6.07, 6.45) is 1.84. The smallest absolute Gasteiger partial charge is 0.229 e. The highest BCUT2D eigenvalue weighted by Gasteiger charge is 2.14. The molecule has 0 amide bonds. The maximum atomic E-state index is 4.69. The summed E-state index contributed by atoms with van der Waals surface area (Å²) in [6.45, 7) is 10.6. The minimum absolute atomic E-state index is 0. The normalized spacial score (nSPS) is 14.1. The predicted molar refractivity (Wildman–Crippen MR) is 133 cm³/mol. The van der Waals surface area contributed by atoms with Crippen molar-refractivity contribution >= 4 is 41.2 Å². The van der Waals surface area contributed by atoms with Gasteiger partial charge in [-0.25, -0.2) is 4.98 Å². The highest BCUT2D eigenvalue weighted by atomic mass is 35.5. The standard InChI is InChI=1S/C24H30N6.ClH/c1-17-5-6-21(15-18(17)2)26-23-19(3)16-25-24(28-23)27-20-7-9-22(10-8-20)30-13-11-29(4)12-14-30;/h5-10,15-16H,11-14H2,1-4H3,(H2,25,26,27,28);1H. The van der Waals surface area contributed by atoms with Crippen molar-refractivity contribution in [2.24, 2.45) is 0 Å². The van der Waals surface area contributed by atoms with Crippen LogP contribution in [0.2, 0.25) is 0 Å². The maximum absolute atomic E-state index is 4.69. The molecule has 0 saturated carbocycles. The van der Waals surface area contributed by atoms with Crippen molar-refractivity contribution in [3.63, 3.8) is 0 Å². The van der Waals surface area contributed by atoms with Crippen LogP contribution in [0.1, 0.15) is 16.7 Å². The molecule has 0 aliphatic carbocycles. The minimum atomic E-state index is 0. The van der Waals surface area contributed by atoms with E-state index in [-0.39, 0.29) is 12.4 Å². The summed E-state index contributed by atoms with van der Waals surface area (Å²) in [5, 5.41) is 6.75. The van der Waals surface area contributed by atoms with E-state index in [9.17, 15) is 0 Å². The molecule has 4 rings (SSSR count). The summed E-state index contributed by atoms with van der Waals surface area (Å²) >= 11 is 0. The van der Waals surface area contributed by atoms with Crippen LogP contribution in [0.5, 0.6) is 0 Å². The molecular weight excluding hydrogens is 408 g/mol. The molecule has 2 N–H and O–H groups in total. The van der Waals surface area contributed by atoms with Crippen LogP contribution < -0.4 is 15.5 Å². The van der Waals surface area contributed by atoms with E-state index in [1.54, 1.807) is 0 Å². The summed E-state index contributed by atoms with van der Waals surface area (Å²) in [4.78, 5) is 13.9. The van der Waals surface area contributed by atoms with Crippen molar-refractivity contribution in [3.8, 4) is 0 Å². The molecule has 1 saturated heterocycles. The first-order valence-electron chi connectivity index (χ1n) is 10.5. The Labute approximate surface area is 191 Å². The van der Waals surface area contributed by atoms with E-state index in [4.69, 9.17) is 0 Å². The third kappa shape index (κ3) is 5.66. The van der Waals surface area contributed by atoms with Gasteiger partial charge in [-0.05, 0) is 75.3 Å². The number of aryl methyl sites for hydroxylation is 3. The number of piperazine rings is 1. The number of halogens is 1. The van der Waals surface area contributed by atoms with Gasteiger partial charge in [-0.1, -0.05) is 6.07 Å². The third-order valence-corrected chi connectivity index (χ3v) is 5.73. The topological polar surface area (TPSA) is 56.3 Å². The van der Waals surface area contributed by atoms with E-state index in [1.807, 2.05) is 13.1 Å². The molecule has 6 nitrogen and oxygen atoms in total.